The minimum atomic E-state index is -2.50. The first-order valence-corrected chi connectivity index (χ1v) is 10.0. The van der Waals surface area contributed by atoms with Gasteiger partial charge in [0.2, 0.25) is 0 Å². The fourth-order valence-electron chi connectivity index (χ4n) is 3.43. The van der Waals surface area contributed by atoms with Crippen LogP contribution < -0.4 is 5.32 Å². The summed E-state index contributed by atoms with van der Waals surface area (Å²) >= 11 is 0. The zero-order valence-corrected chi connectivity index (χ0v) is 15.8. The van der Waals surface area contributed by atoms with Crippen LogP contribution in [0.4, 0.5) is 4.79 Å². The van der Waals surface area contributed by atoms with E-state index in [1.165, 1.54) is 0 Å². The van der Waals surface area contributed by atoms with Gasteiger partial charge in [-0.05, 0) is 32.7 Å². The number of benzene rings is 2. The molecule has 0 heterocycles. The van der Waals surface area contributed by atoms with E-state index in [2.05, 4.69) is 17.4 Å². The van der Waals surface area contributed by atoms with Gasteiger partial charge in [-0.25, -0.2) is 4.79 Å². The fraction of sp³-hybridized carbons (Fsp3) is 0.350. The Balaban J connectivity index is 1.70. The van der Waals surface area contributed by atoms with E-state index in [-0.39, 0.29) is 18.4 Å². The maximum Gasteiger partial charge on any atom is 0.530 e. The molecule has 2 unspecified atom stereocenters. The lowest BCUT2D eigenvalue weighted by Gasteiger charge is -2.15. The Kier molecular flexibility index (Phi) is 5.70. The first-order chi connectivity index (χ1) is 12.5. The van der Waals surface area contributed by atoms with Gasteiger partial charge in [0.15, 0.2) is 0 Å². The summed E-state index contributed by atoms with van der Waals surface area (Å²) in [6, 6.07) is 16.2. The zero-order valence-electron chi connectivity index (χ0n) is 14.9. The van der Waals surface area contributed by atoms with E-state index < -0.39 is 19.9 Å². The van der Waals surface area contributed by atoms with Crippen molar-refractivity contribution < 1.29 is 19.0 Å². The molecule has 2 aromatic rings. The highest BCUT2D eigenvalue weighted by Crippen LogP contribution is 2.44. The van der Waals surface area contributed by atoms with Crippen molar-refractivity contribution in [3.8, 4) is 11.1 Å². The van der Waals surface area contributed by atoms with Crippen molar-refractivity contribution in [2.45, 2.75) is 32.0 Å². The summed E-state index contributed by atoms with van der Waals surface area (Å²) in [6.45, 7) is 4.06. The Morgan fingerprint density at radius 2 is 1.65 bits per heavy atom. The summed E-state index contributed by atoms with van der Waals surface area (Å²) in [5, 5.41) is 2.52. The maximum absolute atomic E-state index is 12.1. The molecule has 2 N–H and O–H groups in total. The Hall–Kier alpha value is -2.23. The van der Waals surface area contributed by atoms with Gasteiger partial charge in [-0.3, -0.25) is 5.32 Å². The molecule has 26 heavy (non-hydrogen) atoms. The van der Waals surface area contributed by atoms with Gasteiger partial charge >= 0.3 is 14.1 Å². The zero-order chi connectivity index (χ0) is 18.7. The molecule has 0 saturated heterocycles. The molecule has 5 nitrogen and oxygen atoms in total. The molecule has 2 atom stereocenters. The third-order valence-corrected chi connectivity index (χ3v) is 5.46. The van der Waals surface area contributed by atoms with Gasteiger partial charge in [-0.15, -0.1) is 0 Å². The summed E-state index contributed by atoms with van der Waals surface area (Å²) in [5.74, 6) is -0.625. The van der Waals surface area contributed by atoms with Gasteiger partial charge in [0.25, 0.3) is 5.78 Å². The number of amides is 1. The van der Waals surface area contributed by atoms with Crippen LogP contribution in [0.5, 0.6) is 0 Å². The van der Waals surface area contributed by atoms with Gasteiger partial charge in [-0.1, -0.05) is 62.4 Å². The Morgan fingerprint density at radius 3 is 2.15 bits per heavy atom. The maximum atomic E-state index is 12.1. The minimum Gasteiger partial charge on any atom is -0.448 e. The van der Waals surface area contributed by atoms with Gasteiger partial charge in [-0.2, -0.15) is 4.89 Å². The molecule has 0 spiro atoms. The second-order valence-electron chi connectivity index (χ2n) is 6.92. The van der Waals surface area contributed by atoms with E-state index in [9.17, 15) is 14.3 Å². The highest BCUT2D eigenvalue weighted by Gasteiger charge is 2.33. The molecule has 1 amide bonds. The van der Waals surface area contributed by atoms with Crippen molar-refractivity contribution in [3.05, 3.63) is 59.7 Å². The molecule has 0 saturated carbocycles. The largest absolute Gasteiger partial charge is 0.530 e. The molecule has 0 aromatic heterocycles. The third-order valence-electron chi connectivity index (χ3n) is 4.59. The van der Waals surface area contributed by atoms with E-state index in [4.69, 9.17) is 4.74 Å². The number of ether oxygens (including phenoxy) is 1. The summed E-state index contributed by atoms with van der Waals surface area (Å²) in [4.78, 5) is 21.5. The van der Waals surface area contributed by atoms with Gasteiger partial charge in [0.05, 0.1) is 0 Å². The van der Waals surface area contributed by atoms with Crippen LogP contribution in [0.1, 0.15) is 37.3 Å². The standard InChI is InChI=1S/C20H22NO4P/c1-13(2)11-19(26(23)24)21-20(22)25-12-18-16-9-5-3-7-14(16)15-8-4-6-10-17(15)18/h3-10,13,18-19H,11-12H2,1-2H3,(H-,21,22,23,24)/p+1. The van der Waals surface area contributed by atoms with Crippen molar-refractivity contribution in [1.82, 2.24) is 5.32 Å². The van der Waals surface area contributed by atoms with E-state index in [0.29, 0.717) is 6.42 Å². The number of carbonyl (C=O) groups excluding carboxylic acids is 1. The second kappa shape index (κ2) is 7.98. The molecule has 0 aliphatic heterocycles. The molecule has 0 bridgehead atoms. The van der Waals surface area contributed by atoms with Crippen molar-refractivity contribution in [2.75, 3.05) is 6.61 Å². The molecule has 3 rings (SSSR count). The molecular weight excluding hydrogens is 349 g/mol. The van der Waals surface area contributed by atoms with Crippen molar-refractivity contribution in [3.63, 3.8) is 0 Å². The van der Waals surface area contributed by atoms with Crippen LogP contribution in [0.2, 0.25) is 0 Å². The van der Waals surface area contributed by atoms with Gasteiger partial charge in [0, 0.05) is 12.3 Å². The number of hydrogen-bond donors (Lipinski definition) is 2. The molecule has 2 aromatic carbocycles. The number of alkyl carbamates (subject to hydrolysis) is 1. The van der Waals surface area contributed by atoms with Crippen molar-refractivity contribution in [1.29, 1.82) is 0 Å². The number of carbonyl (C=O) groups is 1. The summed E-state index contributed by atoms with van der Waals surface area (Å²) in [5.41, 5.74) is 4.59. The first-order valence-electron chi connectivity index (χ1n) is 8.74. The SMILES string of the molecule is CC(C)CC(NC(=O)OCC1c2ccccc2-c2ccccc21)[P+](=O)O. The highest BCUT2D eigenvalue weighted by molar-refractivity contribution is 7.38. The summed E-state index contributed by atoms with van der Waals surface area (Å²) in [6.07, 6.45) is -0.231. The van der Waals surface area contributed by atoms with E-state index in [0.717, 1.165) is 22.3 Å². The van der Waals surface area contributed by atoms with E-state index in [1.807, 2.05) is 50.2 Å². The van der Waals surface area contributed by atoms with Gasteiger partial charge < -0.3 is 4.74 Å². The van der Waals surface area contributed by atoms with Crippen molar-refractivity contribution in [2.24, 2.45) is 5.92 Å². The molecule has 6 heteroatoms. The van der Waals surface area contributed by atoms with E-state index >= 15 is 0 Å². The lowest BCUT2D eigenvalue weighted by molar-refractivity contribution is 0.140. The second-order valence-corrected chi connectivity index (χ2v) is 8.15. The van der Waals surface area contributed by atoms with Crippen molar-refractivity contribution >= 4 is 14.1 Å². The molecule has 1 aliphatic rings. The third kappa shape index (κ3) is 3.95. The molecule has 0 radical (unpaired) electrons. The van der Waals surface area contributed by atoms with Crippen LogP contribution in [0, 0.1) is 5.92 Å². The number of fused-ring (bicyclic) bond motifs is 3. The number of rotatable bonds is 6. The topological polar surface area (TPSA) is 75.6 Å². The fourth-order valence-corrected chi connectivity index (χ4v) is 4.24. The van der Waals surface area contributed by atoms with Crippen LogP contribution in [0.25, 0.3) is 11.1 Å². The van der Waals surface area contributed by atoms with Crippen LogP contribution in [0.3, 0.4) is 0 Å². The van der Waals surface area contributed by atoms with Crippen LogP contribution in [-0.4, -0.2) is 23.4 Å². The molecular formula is C20H23NO4P+. The average Bonchev–Trinajstić information content (AvgIpc) is 2.93. The lowest BCUT2D eigenvalue weighted by atomic mass is 9.98. The first kappa shape index (κ1) is 18.6. The smallest absolute Gasteiger partial charge is 0.448 e. The van der Waals surface area contributed by atoms with Crippen LogP contribution >= 0.6 is 8.03 Å². The lowest BCUT2D eigenvalue weighted by Crippen LogP contribution is -2.34. The normalized spacial score (nSPS) is 14.5. The van der Waals surface area contributed by atoms with Gasteiger partial charge in [0.1, 0.15) is 6.61 Å². The molecule has 136 valence electrons. The Labute approximate surface area is 154 Å². The Morgan fingerprint density at radius 1 is 1.12 bits per heavy atom. The highest BCUT2D eigenvalue weighted by atomic mass is 31.1. The molecule has 1 aliphatic carbocycles. The average molecular weight is 372 g/mol. The molecule has 0 fully saturated rings. The predicted molar refractivity (Wildman–Crippen MR) is 101 cm³/mol. The Bertz CT molecular complexity index is 775. The number of hydrogen-bond acceptors (Lipinski definition) is 3. The predicted octanol–water partition coefficient (Wildman–Crippen LogP) is 4.63. The quantitative estimate of drug-likeness (QED) is 0.725. The van der Waals surface area contributed by atoms with Crippen LogP contribution in [0.15, 0.2) is 48.5 Å². The van der Waals surface area contributed by atoms with E-state index in [1.54, 1.807) is 0 Å². The summed E-state index contributed by atoms with van der Waals surface area (Å²) in [7, 11) is -2.50. The monoisotopic (exact) mass is 372 g/mol. The van der Waals surface area contributed by atoms with Crippen LogP contribution in [-0.2, 0) is 9.30 Å². The minimum absolute atomic E-state index is 0.0282. The summed E-state index contributed by atoms with van der Waals surface area (Å²) < 4.78 is 16.8. The number of nitrogens with one attached hydrogen (secondary N) is 1.